The number of hydrogen-bond donors (Lipinski definition) is 3. The molecule has 10 heteroatoms. The van der Waals surface area contributed by atoms with Gasteiger partial charge in [0.25, 0.3) is 0 Å². The van der Waals surface area contributed by atoms with Gasteiger partial charge < -0.3 is 20.0 Å². The first-order valence-electron chi connectivity index (χ1n) is 18.4. The number of nitrogens with zero attached hydrogens (tertiary/aromatic N) is 3. The van der Waals surface area contributed by atoms with Gasteiger partial charge in [0.1, 0.15) is 0 Å². The van der Waals surface area contributed by atoms with Gasteiger partial charge in [-0.2, -0.15) is 0 Å². The smallest absolute Gasteiger partial charge is 0.326 e. The molecule has 0 saturated carbocycles. The van der Waals surface area contributed by atoms with E-state index in [0.717, 1.165) is 73.8 Å². The standard InChI is InChI=1S/C22H24ClN5O2.C16H32O2/c23-15-6-7-20-18(14-15)25-22(30)28(20)16-8-12-26(13-9-16)10-3-11-27-19-5-2-1-4-17(19)24-21(27)29;1-2-3-4-5-6-7-8-9-10-11-12-13-14-15-16(17)18/h1-2,4-7,14,16H,3,8-13H2,(H,24,29)(H,25,30);2-15H2,1H3,(H,17,18). The largest absolute Gasteiger partial charge is 0.481 e. The van der Waals surface area contributed by atoms with Crippen molar-refractivity contribution in [2.24, 2.45) is 0 Å². The second-order valence-corrected chi connectivity index (χ2v) is 13.8. The van der Waals surface area contributed by atoms with E-state index in [2.05, 4.69) is 21.8 Å². The number of aryl methyl sites for hydroxylation is 1. The summed E-state index contributed by atoms with van der Waals surface area (Å²) >= 11 is 6.05. The molecule has 2 aromatic carbocycles. The van der Waals surface area contributed by atoms with Gasteiger partial charge in [-0.15, -0.1) is 0 Å². The van der Waals surface area contributed by atoms with Crippen LogP contribution in [0.2, 0.25) is 5.02 Å². The van der Waals surface area contributed by atoms with Crippen molar-refractivity contribution in [3.8, 4) is 0 Å². The van der Waals surface area contributed by atoms with Crippen molar-refractivity contribution < 1.29 is 9.90 Å². The summed E-state index contributed by atoms with van der Waals surface area (Å²) in [7, 11) is 0. The van der Waals surface area contributed by atoms with Gasteiger partial charge in [0.05, 0.1) is 22.1 Å². The van der Waals surface area contributed by atoms with Gasteiger partial charge in [-0.3, -0.25) is 13.9 Å². The normalized spacial score (nSPS) is 14.0. The lowest BCUT2D eigenvalue weighted by Gasteiger charge is -2.32. The van der Waals surface area contributed by atoms with E-state index >= 15 is 0 Å². The summed E-state index contributed by atoms with van der Waals surface area (Å²) in [6, 6.07) is 13.5. The minimum atomic E-state index is -0.655. The molecular weight excluding hydrogens is 626 g/mol. The van der Waals surface area contributed by atoms with Crippen molar-refractivity contribution in [1.82, 2.24) is 24.0 Å². The number of rotatable bonds is 19. The zero-order valence-electron chi connectivity index (χ0n) is 28.9. The third-order valence-corrected chi connectivity index (χ3v) is 9.87. The van der Waals surface area contributed by atoms with Gasteiger partial charge in [-0.05, 0) is 62.6 Å². The fraction of sp³-hybridized carbons (Fsp3) is 0.605. The van der Waals surface area contributed by atoms with Crippen LogP contribution in [0.1, 0.15) is 122 Å². The summed E-state index contributed by atoms with van der Waals surface area (Å²) in [6.07, 6.45) is 20.1. The summed E-state index contributed by atoms with van der Waals surface area (Å²) in [6.45, 7) is 5.79. The van der Waals surface area contributed by atoms with E-state index in [0.29, 0.717) is 18.0 Å². The number of unbranched alkanes of at least 4 members (excludes halogenated alkanes) is 12. The number of para-hydroxylation sites is 2. The molecule has 3 N–H and O–H groups in total. The number of hydrogen-bond acceptors (Lipinski definition) is 4. The van der Waals surface area contributed by atoms with Crippen LogP contribution in [0.25, 0.3) is 22.1 Å². The molecule has 0 aliphatic carbocycles. The number of halogens is 1. The minimum Gasteiger partial charge on any atom is -0.481 e. The number of piperidine rings is 1. The van der Waals surface area contributed by atoms with Crippen LogP contribution in [0, 0.1) is 0 Å². The lowest BCUT2D eigenvalue weighted by atomic mass is 10.0. The molecule has 5 rings (SSSR count). The number of nitrogens with one attached hydrogen (secondary N) is 2. The molecule has 0 bridgehead atoms. The summed E-state index contributed by atoms with van der Waals surface area (Å²) < 4.78 is 3.70. The first-order valence-corrected chi connectivity index (χ1v) is 18.8. The zero-order chi connectivity index (χ0) is 34.1. The molecule has 1 saturated heterocycles. The Hall–Kier alpha value is -3.30. The molecule has 1 aliphatic heterocycles. The van der Waals surface area contributed by atoms with E-state index in [1.807, 2.05) is 45.5 Å². The van der Waals surface area contributed by atoms with E-state index in [1.165, 1.54) is 70.6 Å². The van der Waals surface area contributed by atoms with Crippen LogP contribution in [0.3, 0.4) is 0 Å². The fourth-order valence-electron chi connectivity index (χ4n) is 6.94. The summed E-state index contributed by atoms with van der Waals surface area (Å²) in [5, 5.41) is 9.12. The predicted molar refractivity (Wildman–Crippen MR) is 197 cm³/mol. The average molecular weight is 682 g/mol. The quantitative estimate of drug-likeness (QED) is 0.0855. The zero-order valence-corrected chi connectivity index (χ0v) is 29.6. The topological polar surface area (TPSA) is 116 Å². The highest BCUT2D eigenvalue weighted by molar-refractivity contribution is 6.31. The first-order chi connectivity index (χ1) is 23.4. The van der Waals surface area contributed by atoms with Crippen LogP contribution in [-0.2, 0) is 11.3 Å². The Labute approximate surface area is 289 Å². The number of aromatic amines is 2. The second kappa shape index (κ2) is 20.3. The highest BCUT2D eigenvalue weighted by Crippen LogP contribution is 2.26. The number of imidazole rings is 2. The fourth-order valence-corrected chi connectivity index (χ4v) is 7.11. The van der Waals surface area contributed by atoms with E-state index < -0.39 is 5.97 Å². The van der Waals surface area contributed by atoms with Crippen LogP contribution in [-0.4, -0.2) is 54.7 Å². The molecule has 4 aromatic rings. The van der Waals surface area contributed by atoms with Gasteiger partial charge in [0.2, 0.25) is 0 Å². The van der Waals surface area contributed by atoms with Gasteiger partial charge >= 0.3 is 17.3 Å². The maximum absolute atomic E-state index is 12.5. The van der Waals surface area contributed by atoms with Crippen LogP contribution in [0.4, 0.5) is 0 Å². The SMILES string of the molecule is CCCCCCCCCCCCCCCC(=O)O.O=c1[nH]c2ccccc2n1CCCN1CCC(n2c(=O)[nH]c3cc(Cl)ccc32)CC1. The highest BCUT2D eigenvalue weighted by atomic mass is 35.5. The average Bonchev–Trinajstić information content (AvgIpc) is 3.58. The number of carboxylic acid groups (broad SMARTS) is 1. The molecule has 48 heavy (non-hydrogen) atoms. The van der Waals surface area contributed by atoms with Crippen LogP contribution >= 0.6 is 11.6 Å². The van der Waals surface area contributed by atoms with Gasteiger partial charge in [0.15, 0.2) is 0 Å². The molecule has 9 nitrogen and oxygen atoms in total. The second-order valence-electron chi connectivity index (χ2n) is 13.4. The van der Waals surface area contributed by atoms with Crippen molar-refractivity contribution in [2.45, 2.75) is 129 Å². The molecule has 1 aliphatic rings. The van der Waals surface area contributed by atoms with E-state index in [1.54, 1.807) is 6.07 Å². The van der Waals surface area contributed by atoms with E-state index in [9.17, 15) is 14.4 Å². The molecule has 3 heterocycles. The summed E-state index contributed by atoms with van der Waals surface area (Å²) in [5.41, 5.74) is 3.44. The lowest BCUT2D eigenvalue weighted by Crippen LogP contribution is -2.37. The van der Waals surface area contributed by atoms with Crippen molar-refractivity contribution in [1.29, 1.82) is 0 Å². The predicted octanol–water partition coefficient (Wildman–Crippen LogP) is 8.91. The van der Waals surface area contributed by atoms with Crippen molar-refractivity contribution in [3.63, 3.8) is 0 Å². The Morgan fingerprint density at radius 3 is 2.00 bits per heavy atom. The molecule has 0 amide bonds. The molecule has 1 fully saturated rings. The maximum Gasteiger partial charge on any atom is 0.326 e. The minimum absolute atomic E-state index is 0.0475. The van der Waals surface area contributed by atoms with E-state index in [-0.39, 0.29) is 17.4 Å². The third kappa shape index (κ3) is 11.7. The number of H-pyrrole nitrogens is 2. The Bertz CT molecular complexity index is 1650. The molecule has 264 valence electrons. The van der Waals surface area contributed by atoms with Gasteiger partial charge in [0, 0.05) is 37.1 Å². The number of aromatic nitrogens is 4. The molecule has 0 unspecified atom stereocenters. The number of likely N-dealkylation sites (tertiary alicyclic amines) is 1. The van der Waals surface area contributed by atoms with Crippen LogP contribution < -0.4 is 11.4 Å². The van der Waals surface area contributed by atoms with Crippen molar-refractivity contribution >= 4 is 39.6 Å². The maximum atomic E-state index is 12.5. The number of carbonyl (C=O) groups is 1. The molecule has 0 radical (unpaired) electrons. The molecule has 0 atom stereocenters. The number of carboxylic acids is 1. The number of fused-ring (bicyclic) bond motifs is 2. The van der Waals surface area contributed by atoms with Crippen molar-refractivity contribution in [3.05, 3.63) is 68.5 Å². The van der Waals surface area contributed by atoms with Gasteiger partial charge in [-0.1, -0.05) is 108 Å². The van der Waals surface area contributed by atoms with Crippen LogP contribution in [0.15, 0.2) is 52.1 Å². The molecule has 0 spiro atoms. The Balaban J connectivity index is 0.000000250. The summed E-state index contributed by atoms with van der Waals surface area (Å²) in [5.74, 6) is -0.655. The lowest BCUT2D eigenvalue weighted by molar-refractivity contribution is -0.137. The Kier molecular flexibility index (Phi) is 15.8. The first kappa shape index (κ1) is 37.5. The number of aliphatic carboxylic acids is 1. The molecular formula is C38H56ClN5O4. The summed E-state index contributed by atoms with van der Waals surface area (Å²) in [4.78, 5) is 43.2. The Morgan fingerprint density at radius 1 is 0.750 bits per heavy atom. The van der Waals surface area contributed by atoms with Crippen molar-refractivity contribution in [2.75, 3.05) is 19.6 Å². The van der Waals surface area contributed by atoms with E-state index in [4.69, 9.17) is 16.7 Å². The van der Waals surface area contributed by atoms with Crippen LogP contribution in [0.5, 0.6) is 0 Å². The Morgan fingerprint density at radius 2 is 1.35 bits per heavy atom. The van der Waals surface area contributed by atoms with Gasteiger partial charge in [-0.25, -0.2) is 9.59 Å². The molecule has 2 aromatic heterocycles. The third-order valence-electron chi connectivity index (χ3n) is 9.63. The number of benzene rings is 2. The highest BCUT2D eigenvalue weighted by Gasteiger charge is 2.23. The monoisotopic (exact) mass is 681 g/mol.